The summed E-state index contributed by atoms with van der Waals surface area (Å²) in [7, 11) is 0. The summed E-state index contributed by atoms with van der Waals surface area (Å²) in [6, 6.07) is 1.85. The van der Waals surface area contributed by atoms with Crippen LogP contribution in [0.1, 0.15) is 30.1 Å². The number of aromatic nitrogens is 2. The molecule has 0 radical (unpaired) electrons. The van der Waals surface area contributed by atoms with Gasteiger partial charge in [-0.3, -0.25) is 4.79 Å². The van der Waals surface area contributed by atoms with E-state index in [0.29, 0.717) is 24.6 Å². The van der Waals surface area contributed by atoms with Crippen molar-refractivity contribution in [3.8, 4) is 0 Å². The molecule has 8 heteroatoms. The van der Waals surface area contributed by atoms with Crippen LogP contribution < -0.4 is 5.32 Å². The summed E-state index contributed by atoms with van der Waals surface area (Å²) < 4.78 is 39.8. The molecule has 2 heterocycles. The molecule has 1 N–H and O–H groups in total. The molecule has 1 aromatic carbocycles. The summed E-state index contributed by atoms with van der Waals surface area (Å²) in [4.78, 5) is 22.0. The van der Waals surface area contributed by atoms with Gasteiger partial charge < -0.3 is 10.2 Å². The van der Waals surface area contributed by atoms with Crippen LogP contribution in [0.3, 0.4) is 0 Å². The van der Waals surface area contributed by atoms with Crippen molar-refractivity contribution in [2.24, 2.45) is 5.92 Å². The fourth-order valence-corrected chi connectivity index (χ4v) is 2.64. The van der Waals surface area contributed by atoms with Crippen molar-refractivity contribution in [3.05, 3.63) is 47.5 Å². The van der Waals surface area contributed by atoms with Crippen LogP contribution >= 0.6 is 0 Å². The zero-order chi connectivity index (χ0) is 18.0. The second-order valence-corrected chi connectivity index (χ2v) is 6.12. The number of hydrogen-bond donors (Lipinski definition) is 1. The Kier molecular flexibility index (Phi) is 4.87. The Bertz CT molecular complexity index is 774. The number of rotatable bonds is 3. The van der Waals surface area contributed by atoms with E-state index in [2.05, 4.69) is 22.2 Å². The molecule has 5 nitrogen and oxygen atoms in total. The van der Waals surface area contributed by atoms with Crippen molar-refractivity contribution in [3.63, 3.8) is 0 Å². The van der Waals surface area contributed by atoms with Crippen LogP contribution in [-0.2, 0) is 0 Å². The highest BCUT2D eigenvalue weighted by Crippen LogP contribution is 2.22. The highest BCUT2D eigenvalue weighted by molar-refractivity contribution is 5.93. The van der Waals surface area contributed by atoms with Crippen LogP contribution in [0.5, 0.6) is 0 Å². The van der Waals surface area contributed by atoms with Gasteiger partial charge in [-0.25, -0.2) is 23.1 Å². The van der Waals surface area contributed by atoms with Crippen LogP contribution in [0.2, 0.25) is 0 Å². The Labute approximate surface area is 142 Å². The van der Waals surface area contributed by atoms with E-state index in [-0.39, 0.29) is 17.5 Å². The average Bonchev–Trinajstić information content (AvgIpc) is 2.63. The zero-order valence-corrected chi connectivity index (χ0v) is 13.6. The second kappa shape index (κ2) is 7.08. The highest BCUT2D eigenvalue weighted by Gasteiger charge is 2.22. The minimum absolute atomic E-state index is 0.0197. The lowest BCUT2D eigenvalue weighted by atomic mass is 9.99. The molecule has 0 atom stereocenters. The molecule has 1 aliphatic heterocycles. The topological polar surface area (TPSA) is 58.1 Å². The zero-order valence-electron chi connectivity index (χ0n) is 13.6. The molecule has 1 saturated heterocycles. The number of halogens is 3. The second-order valence-electron chi connectivity index (χ2n) is 6.12. The first kappa shape index (κ1) is 17.2. The highest BCUT2D eigenvalue weighted by atomic mass is 19.2. The van der Waals surface area contributed by atoms with Crippen molar-refractivity contribution >= 4 is 17.5 Å². The monoisotopic (exact) mass is 350 g/mol. The first-order valence-electron chi connectivity index (χ1n) is 7.97. The van der Waals surface area contributed by atoms with Gasteiger partial charge in [0.1, 0.15) is 0 Å². The average molecular weight is 350 g/mol. The van der Waals surface area contributed by atoms with Gasteiger partial charge in [0.05, 0.1) is 11.3 Å². The summed E-state index contributed by atoms with van der Waals surface area (Å²) >= 11 is 0. The predicted molar refractivity (Wildman–Crippen MR) is 85.9 cm³/mol. The van der Waals surface area contributed by atoms with E-state index in [1.165, 1.54) is 12.4 Å². The molecule has 1 aromatic heterocycles. The van der Waals surface area contributed by atoms with Crippen molar-refractivity contribution in [1.82, 2.24) is 14.9 Å². The van der Waals surface area contributed by atoms with Gasteiger partial charge >= 0.3 is 0 Å². The van der Waals surface area contributed by atoms with Crippen LogP contribution in [0.15, 0.2) is 24.5 Å². The summed E-state index contributed by atoms with van der Waals surface area (Å²) in [6.07, 6.45) is 4.57. The van der Waals surface area contributed by atoms with Crippen molar-refractivity contribution in [2.75, 3.05) is 18.4 Å². The molecule has 0 spiro atoms. The summed E-state index contributed by atoms with van der Waals surface area (Å²) in [5, 5.41) is 2.46. The number of likely N-dealkylation sites (tertiary alicyclic amines) is 1. The molecule has 25 heavy (non-hydrogen) atoms. The van der Waals surface area contributed by atoms with Gasteiger partial charge in [0, 0.05) is 25.5 Å². The maximum absolute atomic E-state index is 13.6. The first-order chi connectivity index (χ1) is 12.0. The smallest absolute Gasteiger partial charge is 0.256 e. The Balaban J connectivity index is 1.70. The Morgan fingerprint density at radius 1 is 1.12 bits per heavy atom. The molecule has 1 aliphatic rings. The SMILES string of the molecule is CC1CCN(C(=O)c2cnc(Nc3ccc(F)c(F)c3F)nc2)CC1. The number of piperidine rings is 1. The van der Waals surface area contributed by atoms with E-state index in [9.17, 15) is 18.0 Å². The number of nitrogens with zero attached hydrogens (tertiary/aromatic N) is 3. The van der Waals surface area contributed by atoms with Crippen molar-refractivity contribution < 1.29 is 18.0 Å². The van der Waals surface area contributed by atoms with Crippen LogP contribution in [0.4, 0.5) is 24.8 Å². The van der Waals surface area contributed by atoms with Gasteiger partial charge in [-0.1, -0.05) is 6.92 Å². The molecule has 132 valence electrons. The van der Waals surface area contributed by atoms with E-state index in [4.69, 9.17) is 0 Å². The molecule has 0 bridgehead atoms. The third-order valence-corrected chi connectivity index (χ3v) is 4.25. The lowest BCUT2D eigenvalue weighted by Crippen LogP contribution is -2.38. The summed E-state index contributed by atoms with van der Waals surface area (Å²) in [5.74, 6) is -3.77. The maximum atomic E-state index is 13.6. The largest absolute Gasteiger partial charge is 0.339 e. The van der Waals surface area contributed by atoms with E-state index >= 15 is 0 Å². The number of hydrogen-bond acceptors (Lipinski definition) is 4. The fraction of sp³-hybridized carbons (Fsp3) is 0.353. The first-order valence-corrected chi connectivity index (χ1v) is 7.97. The van der Waals surface area contributed by atoms with E-state index in [0.717, 1.165) is 25.0 Å². The van der Waals surface area contributed by atoms with Crippen molar-refractivity contribution in [2.45, 2.75) is 19.8 Å². The number of benzene rings is 1. The minimum Gasteiger partial charge on any atom is -0.339 e. The van der Waals surface area contributed by atoms with E-state index in [1.54, 1.807) is 4.90 Å². The van der Waals surface area contributed by atoms with Gasteiger partial charge in [-0.05, 0) is 30.9 Å². The van der Waals surface area contributed by atoms with Gasteiger partial charge in [0.15, 0.2) is 17.5 Å². The lowest BCUT2D eigenvalue weighted by Gasteiger charge is -2.30. The Morgan fingerprint density at radius 2 is 1.76 bits per heavy atom. The minimum atomic E-state index is -1.57. The molecule has 1 amide bonds. The third kappa shape index (κ3) is 3.72. The quantitative estimate of drug-likeness (QED) is 0.861. The van der Waals surface area contributed by atoms with Gasteiger partial charge in [0.2, 0.25) is 5.95 Å². The number of amides is 1. The van der Waals surface area contributed by atoms with Crippen LogP contribution in [0.25, 0.3) is 0 Å². The lowest BCUT2D eigenvalue weighted by molar-refractivity contribution is 0.0696. The molecule has 1 fully saturated rings. The number of carbonyl (C=O) groups is 1. The van der Waals surface area contributed by atoms with Crippen molar-refractivity contribution in [1.29, 1.82) is 0 Å². The van der Waals surface area contributed by atoms with Crippen LogP contribution in [0, 0.1) is 23.4 Å². The molecule has 0 aliphatic carbocycles. The molecule has 3 rings (SSSR count). The Morgan fingerprint density at radius 3 is 2.40 bits per heavy atom. The Hall–Kier alpha value is -2.64. The molecular formula is C17H17F3N4O. The predicted octanol–water partition coefficient (Wildman–Crippen LogP) is 3.51. The van der Waals surface area contributed by atoms with Gasteiger partial charge in [0.25, 0.3) is 5.91 Å². The summed E-state index contributed by atoms with van der Waals surface area (Å²) in [5.41, 5.74) is 0.0360. The number of nitrogens with one attached hydrogen (secondary N) is 1. The fourth-order valence-electron chi connectivity index (χ4n) is 2.64. The third-order valence-electron chi connectivity index (χ3n) is 4.25. The van der Waals surface area contributed by atoms with E-state index < -0.39 is 17.5 Å². The van der Waals surface area contributed by atoms with Gasteiger partial charge in [-0.15, -0.1) is 0 Å². The molecule has 0 saturated carbocycles. The molecule has 0 unspecified atom stereocenters. The standard InChI is InChI=1S/C17H17F3N4O/c1-10-4-6-24(7-5-10)16(25)11-8-21-17(22-9-11)23-13-3-2-12(18)14(19)15(13)20/h2-3,8-10H,4-7H2,1H3,(H,21,22,23). The molecular weight excluding hydrogens is 333 g/mol. The van der Waals surface area contributed by atoms with E-state index in [1.807, 2.05) is 0 Å². The molecule has 2 aromatic rings. The normalized spacial score (nSPS) is 15.3. The summed E-state index contributed by atoms with van der Waals surface area (Å²) in [6.45, 7) is 3.54. The number of anilines is 2. The maximum Gasteiger partial charge on any atom is 0.256 e. The van der Waals surface area contributed by atoms with Crippen LogP contribution in [-0.4, -0.2) is 33.9 Å². The number of carbonyl (C=O) groups excluding carboxylic acids is 1. The van der Waals surface area contributed by atoms with Gasteiger partial charge in [-0.2, -0.15) is 0 Å².